The summed E-state index contributed by atoms with van der Waals surface area (Å²) in [4.78, 5) is 11.7. The molecule has 1 aromatic heterocycles. The number of amidine groups is 2. The first-order valence-electron chi connectivity index (χ1n) is 9.19. The predicted octanol–water partition coefficient (Wildman–Crippen LogP) is 2.17. The third-order valence-corrected chi connectivity index (χ3v) is 5.34. The summed E-state index contributed by atoms with van der Waals surface area (Å²) in [7, 11) is -2.61. The second kappa shape index (κ2) is 7.56. The van der Waals surface area contributed by atoms with E-state index >= 15 is 0 Å². The molecule has 30 heavy (non-hydrogen) atoms. The van der Waals surface area contributed by atoms with Crippen LogP contribution < -0.4 is 10.6 Å². The smallest absolute Gasteiger partial charge is 0.367 e. The van der Waals surface area contributed by atoms with Crippen LogP contribution in [-0.2, 0) is 17.3 Å². The van der Waals surface area contributed by atoms with Crippen LogP contribution in [0, 0.1) is 5.41 Å². The molecule has 160 valence electrons. The van der Waals surface area contributed by atoms with Crippen LogP contribution in [0.15, 0.2) is 39.1 Å². The lowest BCUT2D eigenvalue weighted by molar-refractivity contribution is 0.100. The first kappa shape index (κ1) is 21.5. The van der Waals surface area contributed by atoms with Gasteiger partial charge in [-0.2, -0.15) is 13.5 Å². The van der Waals surface area contributed by atoms with E-state index in [2.05, 4.69) is 24.5 Å². The van der Waals surface area contributed by atoms with Crippen molar-refractivity contribution in [1.29, 1.82) is 0 Å². The molecule has 1 aromatic carbocycles. The average molecular weight is 433 g/mol. The minimum atomic E-state index is -4.10. The molecule has 0 saturated carbocycles. The summed E-state index contributed by atoms with van der Waals surface area (Å²) < 4.78 is 32.7. The van der Waals surface area contributed by atoms with Gasteiger partial charge < -0.3 is 15.7 Å². The van der Waals surface area contributed by atoms with Crippen molar-refractivity contribution in [1.82, 2.24) is 15.1 Å². The predicted molar refractivity (Wildman–Crippen MR) is 114 cm³/mol. The van der Waals surface area contributed by atoms with Crippen LogP contribution in [0.5, 0.6) is 5.75 Å². The van der Waals surface area contributed by atoms with E-state index in [4.69, 9.17) is 0 Å². The summed E-state index contributed by atoms with van der Waals surface area (Å²) in [5, 5.41) is 20.2. The summed E-state index contributed by atoms with van der Waals surface area (Å²) in [6.07, 6.45) is 0. The molecule has 0 aliphatic carbocycles. The number of hydrogen-bond donors (Lipinski definition) is 3. The largest absolute Gasteiger partial charge is 0.503 e. The Morgan fingerprint density at radius 3 is 2.27 bits per heavy atom. The molecular formula is C19H24N6O4S. The molecule has 2 aromatic rings. The molecule has 0 saturated heterocycles. The molecule has 0 fully saturated rings. The highest BCUT2D eigenvalue weighted by Gasteiger charge is 2.33. The summed E-state index contributed by atoms with van der Waals surface area (Å²) in [5.41, 5.74) is 0.633. The third kappa shape index (κ3) is 4.35. The van der Waals surface area contributed by atoms with Crippen molar-refractivity contribution >= 4 is 33.5 Å². The van der Waals surface area contributed by atoms with Gasteiger partial charge in [0.1, 0.15) is 5.69 Å². The van der Waals surface area contributed by atoms with Gasteiger partial charge in [-0.3, -0.25) is 9.48 Å². The average Bonchev–Trinajstić information content (AvgIpc) is 3.07. The lowest BCUT2D eigenvalue weighted by atomic mass is 9.82. The van der Waals surface area contributed by atoms with Gasteiger partial charge in [-0.1, -0.05) is 51.1 Å². The molecule has 10 nitrogen and oxygen atoms in total. The number of hydrogen-bond acceptors (Lipinski definition) is 7. The number of aromatic nitrogens is 2. The normalized spacial score (nSPS) is 16.6. The number of carbonyl (C=O) groups excluding carboxylic acids is 1. The first-order chi connectivity index (χ1) is 13.9. The summed E-state index contributed by atoms with van der Waals surface area (Å²) >= 11 is 0. The molecule has 3 rings (SSSR count). The van der Waals surface area contributed by atoms with E-state index in [0.717, 1.165) is 5.56 Å². The molecule has 11 heteroatoms. The van der Waals surface area contributed by atoms with Gasteiger partial charge in [0.25, 0.3) is 0 Å². The van der Waals surface area contributed by atoms with E-state index < -0.39 is 16.0 Å². The maximum atomic E-state index is 12.1. The van der Waals surface area contributed by atoms with Crippen molar-refractivity contribution < 1.29 is 18.3 Å². The molecule has 3 N–H and O–H groups in total. The Hall–Kier alpha value is -3.21. The Morgan fingerprint density at radius 2 is 1.73 bits per heavy atom. The number of aryl methyl sites for hydroxylation is 1. The number of nitrogens with one attached hydrogen (secondary N) is 2. The van der Waals surface area contributed by atoms with Crippen LogP contribution in [0.4, 0.5) is 5.82 Å². The molecular weight excluding hydrogens is 408 g/mol. The molecule has 0 unspecified atom stereocenters. The van der Waals surface area contributed by atoms with Gasteiger partial charge in [-0.05, 0) is 11.0 Å². The molecule has 1 aliphatic heterocycles. The van der Waals surface area contributed by atoms with Crippen molar-refractivity contribution in [3.05, 3.63) is 41.6 Å². The lowest BCUT2D eigenvalue weighted by Gasteiger charge is -2.32. The maximum absolute atomic E-state index is 12.1. The molecule has 0 bridgehead atoms. The number of ketones is 1. The lowest BCUT2D eigenvalue weighted by Crippen LogP contribution is -2.41. The first-order valence-corrected chi connectivity index (χ1v) is 10.6. The van der Waals surface area contributed by atoms with Gasteiger partial charge in [0.05, 0.1) is 6.04 Å². The Morgan fingerprint density at radius 1 is 1.13 bits per heavy atom. The highest BCUT2D eigenvalue weighted by molar-refractivity contribution is 7.89. The highest BCUT2D eigenvalue weighted by Crippen LogP contribution is 2.33. The van der Waals surface area contributed by atoms with E-state index in [0.29, 0.717) is 0 Å². The Labute approximate surface area is 174 Å². The highest BCUT2D eigenvalue weighted by atomic mass is 32.2. The molecule has 1 atom stereocenters. The van der Waals surface area contributed by atoms with E-state index in [-0.39, 0.29) is 40.4 Å². The number of Topliss-reactive ketones (excluding diaryl/α,β-unsaturated/α-hetero) is 1. The van der Waals surface area contributed by atoms with Gasteiger partial charge in [0.2, 0.25) is 0 Å². The van der Waals surface area contributed by atoms with E-state index in [1.54, 1.807) is 0 Å². The minimum Gasteiger partial charge on any atom is -0.503 e. The summed E-state index contributed by atoms with van der Waals surface area (Å²) in [5.74, 6) is -1.01. The number of anilines is 1. The zero-order valence-electron chi connectivity index (χ0n) is 17.3. The van der Waals surface area contributed by atoms with E-state index in [1.165, 1.54) is 18.7 Å². The molecule has 0 amide bonds. The summed E-state index contributed by atoms with van der Waals surface area (Å²) in [6.45, 7) is 7.32. The number of rotatable bonds is 4. The topological polar surface area (TPSA) is 138 Å². The summed E-state index contributed by atoms with van der Waals surface area (Å²) in [6, 6.07) is 9.26. The van der Waals surface area contributed by atoms with Gasteiger partial charge in [-0.15, -0.1) is 8.80 Å². The SMILES string of the molecule is CC(=O)c1c(O)c(NC2=NS(=O)(=O)N=C2N[C@@H](c2ccccc2)C(C)(C)C)nn1C. The van der Waals surface area contributed by atoms with Gasteiger partial charge in [0.15, 0.2) is 29.0 Å². The third-order valence-electron chi connectivity index (χ3n) is 4.51. The fourth-order valence-electron chi connectivity index (χ4n) is 3.20. The maximum Gasteiger partial charge on any atom is 0.367 e. The fourth-order valence-corrected chi connectivity index (χ4v) is 3.97. The molecule has 0 radical (unpaired) electrons. The Balaban J connectivity index is 1.96. The van der Waals surface area contributed by atoms with Crippen LogP contribution in [-0.4, -0.2) is 40.8 Å². The van der Waals surface area contributed by atoms with E-state index in [1.807, 2.05) is 51.1 Å². The Bertz CT molecular complexity index is 1140. The van der Waals surface area contributed by atoms with Crippen LogP contribution in [0.2, 0.25) is 0 Å². The van der Waals surface area contributed by atoms with Crippen molar-refractivity contribution in [3.63, 3.8) is 0 Å². The Kier molecular flexibility index (Phi) is 5.42. The number of nitrogens with zero attached hydrogens (tertiary/aromatic N) is 4. The molecule has 0 spiro atoms. The van der Waals surface area contributed by atoms with Crippen LogP contribution in [0.25, 0.3) is 0 Å². The number of carbonyl (C=O) groups is 1. The second-order valence-electron chi connectivity index (χ2n) is 8.03. The zero-order chi connectivity index (χ0) is 22.3. The number of aromatic hydroxyl groups is 1. The molecule has 1 aliphatic rings. The van der Waals surface area contributed by atoms with Crippen molar-refractivity contribution in [2.75, 3.05) is 5.32 Å². The monoisotopic (exact) mass is 432 g/mol. The van der Waals surface area contributed by atoms with Crippen molar-refractivity contribution in [3.8, 4) is 5.75 Å². The van der Waals surface area contributed by atoms with Crippen LogP contribution in [0.1, 0.15) is 49.8 Å². The van der Waals surface area contributed by atoms with Crippen LogP contribution >= 0.6 is 0 Å². The van der Waals surface area contributed by atoms with Gasteiger partial charge in [0, 0.05) is 14.0 Å². The quantitative estimate of drug-likeness (QED) is 0.629. The van der Waals surface area contributed by atoms with Crippen molar-refractivity contribution in [2.45, 2.75) is 33.7 Å². The zero-order valence-corrected chi connectivity index (χ0v) is 18.1. The van der Waals surface area contributed by atoms with Crippen LogP contribution in [0.3, 0.4) is 0 Å². The van der Waals surface area contributed by atoms with Crippen molar-refractivity contribution in [2.24, 2.45) is 21.3 Å². The standard InChI is InChI=1S/C19H24N6O4S/c1-11(26)13-14(27)16(22-25(13)5)21-18-17(23-30(28,29)24-18)20-15(19(2,3)4)12-9-7-6-8-10-12/h6-10,15,27H,1-5H3,(H,20,23)(H,21,22,24)/t15-/m0/s1. The molecule has 2 heterocycles. The fraction of sp³-hybridized carbons (Fsp3) is 0.368. The number of benzene rings is 1. The van der Waals surface area contributed by atoms with Gasteiger partial charge in [-0.25, -0.2) is 0 Å². The second-order valence-corrected chi connectivity index (χ2v) is 9.29. The minimum absolute atomic E-state index is 0.00629. The van der Waals surface area contributed by atoms with E-state index in [9.17, 15) is 18.3 Å². The van der Waals surface area contributed by atoms with Gasteiger partial charge >= 0.3 is 10.2 Å².